The predicted molar refractivity (Wildman–Crippen MR) is 75.2 cm³/mol. The Morgan fingerprint density at radius 1 is 1.50 bits per heavy atom. The third kappa shape index (κ3) is 2.91. The van der Waals surface area contributed by atoms with Crippen LogP contribution in [0.25, 0.3) is 0 Å². The van der Waals surface area contributed by atoms with Crippen LogP contribution in [0.1, 0.15) is 18.4 Å². The van der Waals surface area contributed by atoms with Crippen LogP contribution < -0.4 is 16.0 Å². The van der Waals surface area contributed by atoms with E-state index in [4.69, 9.17) is 10.5 Å². The van der Waals surface area contributed by atoms with Crippen LogP contribution in [0, 0.1) is 0 Å². The minimum absolute atomic E-state index is 0.0388. The van der Waals surface area contributed by atoms with E-state index in [1.54, 1.807) is 6.20 Å². The van der Waals surface area contributed by atoms with Gasteiger partial charge in [0.25, 0.3) is 0 Å². The van der Waals surface area contributed by atoms with Gasteiger partial charge in [-0.05, 0) is 24.5 Å². The highest BCUT2D eigenvalue weighted by atomic mass is 16.5. The van der Waals surface area contributed by atoms with Gasteiger partial charge >= 0.3 is 0 Å². The first-order valence-corrected chi connectivity index (χ1v) is 7.07. The second-order valence-electron chi connectivity index (χ2n) is 5.30. The molecule has 0 bridgehead atoms. The number of nitrogens with two attached hydrogens (primary N) is 1. The van der Waals surface area contributed by atoms with E-state index < -0.39 is 0 Å². The highest BCUT2D eigenvalue weighted by molar-refractivity contribution is 5.85. The van der Waals surface area contributed by atoms with Gasteiger partial charge in [0.05, 0.1) is 13.2 Å². The summed E-state index contributed by atoms with van der Waals surface area (Å²) >= 11 is 0. The van der Waals surface area contributed by atoms with Gasteiger partial charge in [-0.15, -0.1) is 0 Å². The number of aromatic nitrogens is 1. The number of hydrogen-bond donors (Lipinski definition) is 2. The molecule has 3 N–H and O–H groups in total. The van der Waals surface area contributed by atoms with Crippen LogP contribution in [0.2, 0.25) is 0 Å². The van der Waals surface area contributed by atoms with Crippen molar-refractivity contribution in [1.82, 2.24) is 10.3 Å². The summed E-state index contributed by atoms with van der Waals surface area (Å²) in [4.78, 5) is 18.7. The van der Waals surface area contributed by atoms with Crippen molar-refractivity contribution in [2.45, 2.75) is 31.5 Å². The van der Waals surface area contributed by atoms with E-state index in [0.717, 1.165) is 24.2 Å². The molecule has 1 amide bonds. The molecule has 1 aliphatic carbocycles. The second kappa shape index (κ2) is 5.76. The summed E-state index contributed by atoms with van der Waals surface area (Å²) in [6.07, 6.45) is 3.94. The number of hydrogen-bond acceptors (Lipinski definition) is 5. The zero-order chi connectivity index (χ0) is 13.9. The van der Waals surface area contributed by atoms with Gasteiger partial charge in [-0.1, -0.05) is 6.07 Å². The first kappa shape index (κ1) is 13.3. The van der Waals surface area contributed by atoms with Crippen molar-refractivity contribution in [2.24, 2.45) is 5.73 Å². The fraction of sp³-hybridized carbons (Fsp3) is 0.571. The van der Waals surface area contributed by atoms with E-state index in [0.29, 0.717) is 32.3 Å². The summed E-state index contributed by atoms with van der Waals surface area (Å²) in [5, 5.41) is 3.04. The molecule has 1 unspecified atom stereocenters. The lowest BCUT2D eigenvalue weighted by Gasteiger charge is -2.35. The van der Waals surface area contributed by atoms with E-state index in [2.05, 4.69) is 10.3 Å². The van der Waals surface area contributed by atoms with Crippen LogP contribution >= 0.6 is 0 Å². The molecule has 0 spiro atoms. The molecular weight excluding hydrogens is 256 g/mol. The van der Waals surface area contributed by atoms with Gasteiger partial charge in [0.15, 0.2) is 0 Å². The molecule has 1 saturated carbocycles. The topological polar surface area (TPSA) is 80.5 Å². The summed E-state index contributed by atoms with van der Waals surface area (Å²) in [5.41, 5.74) is 6.56. The molecule has 1 aliphatic heterocycles. The Balaban J connectivity index is 1.74. The number of nitrogens with zero attached hydrogens (tertiary/aromatic N) is 2. The summed E-state index contributed by atoms with van der Waals surface area (Å²) in [6, 6.07) is 3.94. The number of pyridine rings is 1. The first-order chi connectivity index (χ1) is 9.78. The molecule has 1 atom stereocenters. The number of ether oxygens (including phenoxy) is 1. The van der Waals surface area contributed by atoms with Crippen molar-refractivity contribution < 1.29 is 9.53 Å². The maximum Gasteiger partial charge on any atom is 0.245 e. The normalized spacial score (nSPS) is 22.6. The second-order valence-corrected chi connectivity index (χ2v) is 5.30. The fourth-order valence-electron chi connectivity index (χ4n) is 2.33. The van der Waals surface area contributed by atoms with Gasteiger partial charge in [-0.3, -0.25) is 4.79 Å². The van der Waals surface area contributed by atoms with Crippen LogP contribution in [-0.2, 0) is 16.1 Å². The molecule has 3 rings (SSSR count). The van der Waals surface area contributed by atoms with Crippen LogP contribution in [0.4, 0.5) is 5.82 Å². The minimum Gasteiger partial charge on any atom is -0.377 e. The van der Waals surface area contributed by atoms with E-state index >= 15 is 0 Å². The van der Waals surface area contributed by atoms with Gasteiger partial charge in [0.2, 0.25) is 5.91 Å². The molecule has 6 heteroatoms. The molecule has 1 saturated heterocycles. The largest absolute Gasteiger partial charge is 0.377 e. The molecule has 0 aromatic carbocycles. The Labute approximate surface area is 118 Å². The monoisotopic (exact) mass is 276 g/mol. The molecule has 108 valence electrons. The maximum atomic E-state index is 12.3. The van der Waals surface area contributed by atoms with Crippen molar-refractivity contribution in [3.8, 4) is 0 Å². The van der Waals surface area contributed by atoms with Crippen LogP contribution in [0.3, 0.4) is 0 Å². The average molecular weight is 276 g/mol. The van der Waals surface area contributed by atoms with Crippen molar-refractivity contribution in [3.63, 3.8) is 0 Å². The molecule has 0 radical (unpaired) electrons. The van der Waals surface area contributed by atoms with E-state index in [1.165, 1.54) is 0 Å². The Morgan fingerprint density at radius 3 is 3.00 bits per heavy atom. The molecule has 2 heterocycles. The third-order valence-electron chi connectivity index (χ3n) is 3.69. The van der Waals surface area contributed by atoms with Crippen LogP contribution in [-0.4, -0.2) is 42.7 Å². The summed E-state index contributed by atoms with van der Waals surface area (Å²) in [7, 11) is 0. The first-order valence-electron chi connectivity index (χ1n) is 7.07. The van der Waals surface area contributed by atoms with Gasteiger partial charge in [-0.25, -0.2) is 4.98 Å². The van der Waals surface area contributed by atoms with E-state index in [-0.39, 0.29) is 11.9 Å². The SMILES string of the molecule is NCc1ccc(N2CCOCC2C(=O)NC2CC2)nc1. The zero-order valence-corrected chi connectivity index (χ0v) is 11.4. The average Bonchev–Trinajstić information content (AvgIpc) is 3.31. The molecule has 20 heavy (non-hydrogen) atoms. The highest BCUT2D eigenvalue weighted by Crippen LogP contribution is 2.21. The summed E-state index contributed by atoms with van der Waals surface area (Å²) in [5.74, 6) is 0.846. The smallest absolute Gasteiger partial charge is 0.245 e. The van der Waals surface area contributed by atoms with Crippen molar-refractivity contribution in [2.75, 3.05) is 24.7 Å². The quantitative estimate of drug-likeness (QED) is 0.810. The number of carbonyl (C=O) groups is 1. The van der Waals surface area contributed by atoms with E-state index in [9.17, 15) is 4.79 Å². The van der Waals surface area contributed by atoms with Crippen molar-refractivity contribution in [1.29, 1.82) is 0 Å². The van der Waals surface area contributed by atoms with E-state index in [1.807, 2.05) is 17.0 Å². The number of amides is 1. The Kier molecular flexibility index (Phi) is 3.84. The highest BCUT2D eigenvalue weighted by Gasteiger charge is 2.33. The summed E-state index contributed by atoms with van der Waals surface area (Å²) < 4.78 is 5.45. The van der Waals surface area contributed by atoms with Crippen LogP contribution in [0.5, 0.6) is 0 Å². The Bertz CT molecular complexity index is 473. The zero-order valence-electron chi connectivity index (χ0n) is 11.4. The molecular formula is C14H20N4O2. The number of anilines is 1. The number of rotatable bonds is 4. The third-order valence-corrected chi connectivity index (χ3v) is 3.69. The number of carbonyl (C=O) groups excluding carboxylic acids is 1. The standard InChI is InChI=1S/C14H20N4O2/c15-7-10-1-4-13(16-8-10)18-5-6-20-9-12(18)14(19)17-11-2-3-11/h1,4,8,11-12H,2-3,5-7,9,15H2,(H,17,19). The fourth-order valence-corrected chi connectivity index (χ4v) is 2.33. The molecule has 1 aromatic heterocycles. The lowest BCUT2D eigenvalue weighted by molar-refractivity contribution is -0.124. The van der Waals surface area contributed by atoms with Crippen molar-refractivity contribution >= 4 is 11.7 Å². The van der Waals surface area contributed by atoms with Crippen molar-refractivity contribution in [3.05, 3.63) is 23.9 Å². The minimum atomic E-state index is -0.291. The Hall–Kier alpha value is -1.66. The molecule has 6 nitrogen and oxygen atoms in total. The van der Waals surface area contributed by atoms with Gasteiger partial charge < -0.3 is 20.7 Å². The molecule has 2 fully saturated rings. The number of morpholine rings is 1. The maximum absolute atomic E-state index is 12.3. The predicted octanol–water partition coefficient (Wildman–Crippen LogP) is 0.0241. The molecule has 2 aliphatic rings. The Morgan fingerprint density at radius 2 is 2.35 bits per heavy atom. The molecule has 1 aromatic rings. The lowest BCUT2D eigenvalue weighted by Crippen LogP contribution is -2.54. The van der Waals surface area contributed by atoms with Crippen LogP contribution in [0.15, 0.2) is 18.3 Å². The number of nitrogens with one attached hydrogen (secondary N) is 1. The van der Waals surface area contributed by atoms with Gasteiger partial charge in [-0.2, -0.15) is 0 Å². The van der Waals surface area contributed by atoms with Gasteiger partial charge in [0.1, 0.15) is 11.9 Å². The van der Waals surface area contributed by atoms with Gasteiger partial charge in [0, 0.05) is 25.3 Å². The lowest BCUT2D eigenvalue weighted by atomic mass is 10.2. The summed E-state index contributed by atoms with van der Waals surface area (Å²) in [6.45, 7) is 2.19.